The van der Waals surface area contributed by atoms with Gasteiger partial charge in [0.2, 0.25) is 5.76 Å². The van der Waals surface area contributed by atoms with Gasteiger partial charge in [0.25, 0.3) is 16.1 Å². The summed E-state index contributed by atoms with van der Waals surface area (Å²) < 4.78 is 66.5. The minimum Gasteiger partial charge on any atom is -0.496 e. The van der Waals surface area contributed by atoms with E-state index in [-0.39, 0.29) is 16.6 Å². The van der Waals surface area contributed by atoms with Crippen LogP contribution in [0.3, 0.4) is 0 Å². The van der Waals surface area contributed by atoms with Crippen LogP contribution in [0.15, 0.2) is 33.8 Å². The van der Waals surface area contributed by atoms with E-state index in [1.54, 1.807) is 24.3 Å². The lowest BCUT2D eigenvalue weighted by Gasteiger charge is -2.28. The molecule has 16 heteroatoms. The number of furan rings is 1. The summed E-state index contributed by atoms with van der Waals surface area (Å²) in [5.74, 6) is -1.91. The van der Waals surface area contributed by atoms with Gasteiger partial charge < -0.3 is 19.8 Å². The van der Waals surface area contributed by atoms with E-state index in [1.807, 2.05) is 4.90 Å². The molecule has 2 heterocycles. The van der Waals surface area contributed by atoms with Crippen LogP contribution in [0, 0.1) is 0 Å². The van der Waals surface area contributed by atoms with Gasteiger partial charge in [-0.25, -0.2) is 0 Å². The molecule has 1 aromatic carbocycles. The maximum atomic E-state index is 13.5. The van der Waals surface area contributed by atoms with E-state index in [0.29, 0.717) is 47.6 Å². The molecule has 0 unspecified atom stereocenters. The van der Waals surface area contributed by atoms with Crippen LogP contribution in [0.4, 0.5) is 5.69 Å². The highest BCUT2D eigenvalue weighted by molar-refractivity contribution is 7.86. The SMILES string of the molecule is COc1ccc(Cl)cc1-c1cc(N2CCCCC2)c(C(=O)N(OS(C)(=O)=O)/C(N)=N/OS(C)(=O)=O)o1. The number of guanidine groups is 1. The number of amides is 1. The second kappa shape index (κ2) is 10.9. The third-order valence-electron chi connectivity index (χ3n) is 4.90. The number of rotatable bonds is 8. The second-order valence-corrected chi connectivity index (χ2v) is 11.4. The van der Waals surface area contributed by atoms with Crippen LogP contribution in [0.5, 0.6) is 5.75 Å². The summed E-state index contributed by atoms with van der Waals surface area (Å²) in [5, 5.41) is 3.56. The Morgan fingerprint density at radius 2 is 1.78 bits per heavy atom. The van der Waals surface area contributed by atoms with Gasteiger partial charge in [-0.3, -0.25) is 9.08 Å². The number of nitrogens with two attached hydrogens (primary N) is 1. The van der Waals surface area contributed by atoms with Crippen LogP contribution in [0.2, 0.25) is 5.02 Å². The number of halogens is 1. The number of benzene rings is 1. The first-order valence-corrected chi connectivity index (χ1v) is 14.5. The van der Waals surface area contributed by atoms with Gasteiger partial charge in [0.1, 0.15) is 11.5 Å². The molecule has 1 fully saturated rings. The lowest BCUT2D eigenvalue weighted by molar-refractivity contribution is 0.0163. The molecule has 1 aliphatic heterocycles. The highest BCUT2D eigenvalue weighted by Crippen LogP contribution is 2.39. The van der Waals surface area contributed by atoms with Gasteiger partial charge in [0, 0.05) is 24.2 Å². The summed E-state index contributed by atoms with van der Waals surface area (Å²) in [6.45, 7) is 1.19. The number of carbonyl (C=O) groups excluding carboxylic acids is 1. The Hall–Kier alpha value is -3.01. The molecule has 2 aromatic rings. The fourth-order valence-corrected chi connectivity index (χ4v) is 4.26. The third kappa shape index (κ3) is 7.02. The first-order chi connectivity index (χ1) is 16.8. The summed E-state index contributed by atoms with van der Waals surface area (Å²) in [5.41, 5.74) is 6.43. The van der Waals surface area contributed by atoms with Crippen molar-refractivity contribution in [1.29, 1.82) is 0 Å². The maximum Gasteiger partial charge on any atom is 0.325 e. The molecule has 0 bridgehead atoms. The lowest BCUT2D eigenvalue weighted by atomic mass is 10.1. The van der Waals surface area contributed by atoms with Crippen molar-refractivity contribution in [2.75, 3.05) is 37.6 Å². The first-order valence-electron chi connectivity index (χ1n) is 10.5. The van der Waals surface area contributed by atoms with Gasteiger partial charge in [0.15, 0.2) is 0 Å². The zero-order valence-electron chi connectivity index (χ0n) is 19.6. The topological polar surface area (TPSA) is 171 Å². The Bertz CT molecular complexity index is 1370. The van der Waals surface area contributed by atoms with Crippen molar-refractivity contribution in [2.24, 2.45) is 10.9 Å². The molecule has 0 aliphatic carbocycles. The predicted octanol–water partition coefficient (Wildman–Crippen LogP) is 2.14. The molecular weight excluding hydrogens is 540 g/mol. The van der Waals surface area contributed by atoms with E-state index in [2.05, 4.69) is 9.44 Å². The minimum atomic E-state index is -4.33. The summed E-state index contributed by atoms with van der Waals surface area (Å²) in [6.07, 6.45) is 4.04. The summed E-state index contributed by atoms with van der Waals surface area (Å²) >= 11 is 6.15. The number of nitrogens with zero attached hydrogens (tertiary/aromatic N) is 3. The zero-order valence-corrected chi connectivity index (χ0v) is 22.0. The van der Waals surface area contributed by atoms with Gasteiger partial charge in [-0.1, -0.05) is 11.6 Å². The van der Waals surface area contributed by atoms with Crippen LogP contribution in [0.1, 0.15) is 29.8 Å². The fourth-order valence-electron chi connectivity index (χ4n) is 3.46. The van der Waals surface area contributed by atoms with E-state index in [4.69, 9.17) is 30.8 Å². The molecule has 1 saturated heterocycles. The zero-order chi connectivity index (χ0) is 26.7. The van der Waals surface area contributed by atoms with Crippen molar-refractivity contribution in [1.82, 2.24) is 5.06 Å². The molecule has 13 nitrogen and oxygen atoms in total. The molecule has 0 atom stereocenters. The Kier molecular flexibility index (Phi) is 8.38. The number of carbonyl (C=O) groups is 1. The van der Waals surface area contributed by atoms with Crippen molar-refractivity contribution in [3.63, 3.8) is 0 Å². The predicted molar refractivity (Wildman–Crippen MR) is 131 cm³/mol. The Morgan fingerprint density at radius 3 is 2.36 bits per heavy atom. The first kappa shape index (κ1) is 27.6. The monoisotopic (exact) mass is 564 g/mol. The smallest absolute Gasteiger partial charge is 0.325 e. The molecule has 0 spiro atoms. The summed E-state index contributed by atoms with van der Waals surface area (Å²) in [6, 6.07) is 6.40. The second-order valence-electron chi connectivity index (χ2n) is 7.82. The number of oxime groups is 1. The molecular formula is C20H25ClN4O9S2. The number of hydroxylamine groups is 2. The largest absolute Gasteiger partial charge is 0.496 e. The molecule has 1 aliphatic rings. The van der Waals surface area contributed by atoms with Crippen molar-refractivity contribution in [3.8, 4) is 17.1 Å². The van der Waals surface area contributed by atoms with E-state index >= 15 is 0 Å². The van der Waals surface area contributed by atoms with Gasteiger partial charge in [-0.05, 0) is 42.6 Å². The number of ether oxygens (including phenoxy) is 1. The molecule has 198 valence electrons. The standard InChI is InChI=1S/C20H25ClN4O9S2/c1-31-16-8-7-13(21)11-14(16)17-12-15(24-9-5-4-6-10-24)18(32-17)19(26)25(34-36(3,29)30)20(22)23-33-35(2,27)28/h7-8,11-12H,4-6,9-10H2,1-3H3,(H2,22,23). The summed E-state index contributed by atoms with van der Waals surface area (Å²) in [4.78, 5) is 15.4. The Morgan fingerprint density at radius 1 is 1.11 bits per heavy atom. The Balaban J connectivity index is 2.15. The van der Waals surface area contributed by atoms with Crippen LogP contribution in [0.25, 0.3) is 11.3 Å². The van der Waals surface area contributed by atoms with E-state index < -0.39 is 32.1 Å². The van der Waals surface area contributed by atoms with Gasteiger partial charge in [0.05, 0.1) is 30.9 Å². The molecule has 36 heavy (non-hydrogen) atoms. The quantitative estimate of drug-likeness (QED) is 0.283. The summed E-state index contributed by atoms with van der Waals surface area (Å²) in [7, 11) is -7.00. The highest BCUT2D eigenvalue weighted by atomic mass is 35.5. The molecule has 1 aromatic heterocycles. The van der Waals surface area contributed by atoms with Crippen molar-refractivity contribution in [3.05, 3.63) is 35.0 Å². The Labute approximate surface area is 213 Å². The van der Waals surface area contributed by atoms with Crippen LogP contribution >= 0.6 is 11.6 Å². The number of anilines is 1. The number of piperidine rings is 1. The van der Waals surface area contributed by atoms with E-state index in [9.17, 15) is 21.6 Å². The third-order valence-corrected chi connectivity index (χ3v) is 5.90. The van der Waals surface area contributed by atoms with Gasteiger partial charge >= 0.3 is 16.0 Å². The van der Waals surface area contributed by atoms with Gasteiger partial charge in [-0.2, -0.15) is 16.8 Å². The van der Waals surface area contributed by atoms with Gasteiger partial charge in [-0.15, -0.1) is 9.35 Å². The molecule has 1 amide bonds. The van der Waals surface area contributed by atoms with E-state index in [0.717, 1.165) is 19.3 Å². The normalized spacial score (nSPS) is 15.0. The molecule has 0 radical (unpaired) electrons. The van der Waals surface area contributed by atoms with Crippen molar-refractivity contribution in [2.45, 2.75) is 19.3 Å². The average molecular weight is 565 g/mol. The number of hydrogen-bond acceptors (Lipinski definition) is 11. The minimum absolute atomic E-state index is 0.0752. The molecule has 3 rings (SSSR count). The van der Waals surface area contributed by atoms with Crippen LogP contribution < -0.4 is 15.4 Å². The average Bonchev–Trinajstić information content (AvgIpc) is 3.25. The number of methoxy groups -OCH3 is 1. The maximum absolute atomic E-state index is 13.5. The highest BCUT2D eigenvalue weighted by Gasteiger charge is 2.34. The van der Waals surface area contributed by atoms with Crippen molar-refractivity contribution < 1.29 is 39.4 Å². The van der Waals surface area contributed by atoms with E-state index in [1.165, 1.54) is 7.11 Å². The van der Waals surface area contributed by atoms with Crippen LogP contribution in [-0.2, 0) is 28.8 Å². The molecule has 2 N–H and O–H groups in total. The lowest BCUT2D eigenvalue weighted by Crippen LogP contribution is -2.44. The fraction of sp³-hybridized carbons (Fsp3) is 0.400. The number of hydrogen-bond donors (Lipinski definition) is 1. The van der Waals surface area contributed by atoms with Crippen LogP contribution in [-0.4, -0.2) is 66.5 Å². The molecule has 0 saturated carbocycles. The van der Waals surface area contributed by atoms with Crippen molar-refractivity contribution >= 4 is 49.4 Å².